The summed E-state index contributed by atoms with van der Waals surface area (Å²) in [5.41, 5.74) is 1.04. The van der Waals surface area contributed by atoms with E-state index in [0.29, 0.717) is 0 Å². The van der Waals surface area contributed by atoms with Gasteiger partial charge in [0.1, 0.15) is 11.6 Å². The second-order valence-electron chi connectivity index (χ2n) is 4.76. The van der Waals surface area contributed by atoms with E-state index in [1.807, 2.05) is 13.0 Å². The fourth-order valence-electron chi connectivity index (χ4n) is 2.21. The third-order valence-corrected chi connectivity index (χ3v) is 4.09. The van der Waals surface area contributed by atoms with Crippen LogP contribution in [-0.2, 0) is 6.54 Å². The maximum absolute atomic E-state index is 4.57. The Hall–Kier alpha value is -0.810. The summed E-state index contributed by atoms with van der Waals surface area (Å²) >= 11 is 2.05. The van der Waals surface area contributed by atoms with Crippen molar-refractivity contribution < 1.29 is 0 Å². The predicted octanol–water partition coefficient (Wildman–Crippen LogP) is 2.15. The molecule has 1 N–H and O–H groups in total. The highest BCUT2D eigenvalue weighted by atomic mass is 32.2. The standard InChI is InChI=1S/C13H22N4S/c1-4-14-12-7-10(2)15-13(16-12)9-17-5-6-18-11(3)8-17/h7,11H,4-6,8-9H2,1-3H3,(H,14,15,16). The van der Waals surface area contributed by atoms with Crippen LogP contribution in [0.3, 0.4) is 0 Å². The molecule has 0 radical (unpaired) electrons. The highest BCUT2D eigenvalue weighted by Gasteiger charge is 2.17. The number of anilines is 1. The third-order valence-electron chi connectivity index (χ3n) is 2.95. The zero-order chi connectivity index (χ0) is 13.0. The molecule has 1 aliphatic rings. The lowest BCUT2D eigenvalue weighted by Crippen LogP contribution is -2.36. The summed E-state index contributed by atoms with van der Waals surface area (Å²) in [4.78, 5) is 11.6. The summed E-state index contributed by atoms with van der Waals surface area (Å²) < 4.78 is 0. The number of hydrogen-bond donors (Lipinski definition) is 1. The second-order valence-corrected chi connectivity index (χ2v) is 6.30. The van der Waals surface area contributed by atoms with Crippen LogP contribution >= 0.6 is 11.8 Å². The van der Waals surface area contributed by atoms with Gasteiger partial charge in [0, 0.05) is 42.4 Å². The van der Waals surface area contributed by atoms with Gasteiger partial charge in [-0.25, -0.2) is 9.97 Å². The quantitative estimate of drug-likeness (QED) is 0.904. The van der Waals surface area contributed by atoms with Crippen molar-refractivity contribution in [2.75, 3.05) is 30.7 Å². The largest absolute Gasteiger partial charge is 0.370 e. The van der Waals surface area contributed by atoms with Crippen LogP contribution in [0, 0.1) is 6.92 Å². The van der Waals surface area contributed by atoms with Gasteiger partial charge in [-0.05, 0) is 13.8 Å². The Kier molecular flexibility index (Phi) is 4.83. The Morgan fingerprint density at radius 1 is 1.50 bits per heavy atom. The number of rotatable bonds is 4. The Morgan fingerprint density at radius 2 is 2.33 bits per heavy atom. The molecule has 0 bridgehead atoms. The van der Waals surface area contributed by atoms with Crippen molar-refractivity contribution in [3.8, 4) is 0 Å². The van der Waals surface area contributed by atoms with Crippen molar-refractivity contribution >= 4 is 17.6 Å². The number of nitrogens with zero attached hydrogens (tertiary/aromatic N) is 3. The number of aryl methyl sites for hydroxylation is 1. The molecule has 0 aliphatic carbocycles. The minimum absolute atomic E-state index is 0.719. The second kappa shape index (κ2) is 6.38. The molecule has 4 nitrogen and oxygen atoms in total. The lowest BCUT2D eigenvalue weighted by atomic mass is 10.3. The van der Waals surface area contributed by atoms with Crippen LogP contribution in [0.4, 0.5) is 5.82 Å². The first-order valence-corrected chi connectivity index (χ1v) is 7.64. The minimum Gasteiger partial charge on any atom is -0.370 e. The van der Waals surface area contributed by atoms with Gasteiger partial charge in [-0.2, -0.15) is 11.8 Å². The van der Waals surface area contributed by atoms with E-state index in [0.717, 1.165) is 48.8 Å². The van der Waals surface area contributed by atoms with Crippen LogP contribution in [0.1, 0.15) is 25.4 Å². The monoisotopic (exact) mass is 266 g/mol. The van der Waals surface area contributed by atoms with E-state index in [4.69, 9.17) is 0 Å². The Labute approximate surface area is 114 Å². The van der Waals surface area contributed by atoms with Gasteiger partial charge < -0.3 is 5.32 Å². The molecule has 1 saturated heterocycles. The molecule has 1 atom stereocenters. The van der Waals surface area contributed by atoms with E-state index < -0.39 is 0 Å². The average Bonchev–Trinajstić information content (AvgIpc) is 2.28. The molecular formula is C13H22N4S. The van der Waals surface area contributed by atoms with E-state index in [2.05, 4.69) is 45.8 Å². The van der Waals surface area contributed by atoms with E-state index in [9.17, 15) is 0 Å². The third kappa shape index (κ3) is 3.85. The van der Waals surface area contributed by atoms with Crippen LogP contribution in [0.25, 0.3) is 0 Å². The van der Waals surface area contributed by atoms with Crippen LogP contribution in [0.5, 0.6) is 0 Å². The van der Waals surface area contributed by atoms with E-state index in [1.165, 1.54) is 5.75 Å². The van der Waals surface area contributed by atoms with Gasteiger partial charge in [-0.3, -0.25) is 4.90 Å². The topological polar surface area (TPSA) is 41.1 Å². The normalized spacial score (nSPS) is 20.9. The molecule has 18 heavy (non-hydrogen) atoms. The molecule has 1 unspecified atom stereocenters. The Balaban J connectivity index is 2.03. The van der Waals surface area contributed by atoms with Crippen molar-refractivity contribution in [3.63, 3.8) is 0 Å². The van der Waals surface area contributed by atoms with E-state index in [1.54, 1.807) is 0 Å². The molecule has 100 valence electrons. The summed E-state index contributed by atoms with van der Waals surface area (Å²) in [7, 11) is 0. The minimum atomic E-state index is 0.719. The van der Waals surface area contributed by atoms with Crippen LogP contribution < -0.4 is 5.32 Å². The molecule has 5 heteroatoms. The van der Waals surface area contributed by atoms with Crippen LogP contribution in [0.15, 0.2) is 6.07 Å². The van der Waals surface area contributed by atoms with Crippen LogP contribution in [-0.4, -0.2) is 45.5 Å². The Bertz CT molecular complexity index is 397. The van der Waals surface area contributed by atoms with Gasteiger partial charge >= 0.3 is 0 Å². The number of aromatic nitrogens is 2. The predicted molar refractivity (Wildman–Crippen MR) is 78.1 cm³/mol. The first-order chi connectivity index (χ1) is 8.67. The van der Waals surface area contributed by atoms with Crippen molar-refractivity contribution in [3.05, 3.63) is 17.6 Å². The van der Waals surface area contributed by atoms with E-state index in [-0.39, 0.29) is 0 Å². The van der Waals surface area contributed by atoms with Crippen molar-refractivity contribution in [1.29, 1.82) is 0 Å². The van der Waals surface area contributed by atoms with Gasteiger partial charge in [0.15, 0.2) is 0 Å². The maximum Gasteiger partial charge on any atom is 0.144 e. The molecule has 1 fully saturated rings. The Morgan fingerprint density at radius 3 is 3.06 bits per heavy atom. The lowest BCUT2D eigenvalue weighted by Gasteiger charge is -2.29. The zero-order valence-corrected chi connectivity index (χ0v) is 12.3. The maximum atomic E-state index is 4.57. The smallest absolute Gasteiger partial charge is 0.144 e. The van der Waals surface area contributed by atoms with Gasteiger partial charge in [0.05, 0.1) is 6.54 Å². The molecule has 1 aromatic rings. The molecule has 1 aliphatic heterocycles. The summed E-state index contributed by atoms with van der Waals surface area (Å²) in [6.07, 6.45) is 0. The van der Waals surface area contributed by atoms with E-state index >= 15 is 0 Å². The van der Waals surface area contributed by atoms with Gasteiger partial charge in [-0.1, -0.05) is 6.92 Å². The summed E-state index contributed by atoms with van der Waals surface area (Å²) in [6, 6.07) is 2.00. The highest BCUT2D eigenvalue weighted by molar-refractivity contribution is 7.99. The molecule has 2 rings (SSSR count). The van der Waals surface area contributed by atoms with Gasteiger partial charge in [0.2, 0.25) is 0 Å². The molecule has 0 amide bonds. The SMILES string of the molecule is CCNc1cc(C)nc(CN2CCSC(C)C2)n1. The van der Waals surface area contributed by atoms with Crippen LogP contribution in [0.2, 0.25) is 0 Å². The molecule has 2 heterocycles. The highest BCUT2D eigenvalue weighted by Crippen LogP contribution is 2.19. The first kappa shape index (κ1) is 13.6. The summed E-state index contributed by atoms with van der Waals surface area (Å²) in [6.45, 7) is 10.4. The van der Waals surface area contributed by atoms with Gasteiger partial charge in [0.25, 0.3) is 0 Å². The average molecular weight is 266 g/mol. The molecular weight excluding hydrogens is 244 g/mol. The van der Waals surface area contributed by atoms with Crippen molar-refractivity contribution in [2.45, 2.75) is 32.6 Å². The fourth-order valence-corrected chi connectivity index (χ4v) is 3.29. The lowest BCUT2D eigenvalue weighted by molar-refractivity contribution is 0.271. The molecule has 1 aromatic heterocycles. The number of hydrogen-bond acceptors (Lipinski definition) is 5. The van der Waals surface area contributed by atoms with Gasteiger partial charge in [-0.15, -0.1) is 0 Å². The molecule has 0 spiro atoms. The first-order valence-electron chi connectivity index (χ1n) is 6.59. The van der Waals surface area contributed by atoms with Crippen molar-refractivity contribution in [2.24, 2.45) is 0 Å². The summed E-state index contributed by atoms with van der Waals surface area (Å²) in [5.74, 6) is 3.09. The fraction of sp³-hybridized carbons (Fsp3) is 0.692. The zero-order valence-electron chi connectivity index (χ0n) is 11.4. The van der Waals surface area contributed by atoms with Crippen molar-refractivity contribution in [1.82, 2.24) is 14.9 Å². The molecule has 0 saturated carbocycles. The number of nitrogens with one attached hydrogen (secondary N) is 1. The molecule has 0 aromatic carbocycles. The summed E-state index contributed by atoms with van der Waals surface area (Å²) in [5, 5.41) is 3.98. The number of thioether (sulfide) groups is 1.